The smallest absolute Gasteiger partial charge is 0.306 e. The zero-order valence-electron chi connectivity index (χ0n) is 40.2. The Bertz CT molecular complexity index is 1120. The lowest BCUT2D eigenvalue weighted by atomic mass is 10.1. The van der Waals surface area contributed by atoms with Gasteiger partial charge in [0.1, 0.15) is 13.2 Å². The lowest BCUT2D eigenvalue weighted by Crippen LogP contribution is -2.30. The number of unbranched alkanes of at least 4 members (excludes halogenated alkanes) is 25. The quantitative estimate of drug-likeness (QED) is 0.0263. The van der Waals surface area contributed by atoms with Crippen LogP contribution in [0, 0.1) is 0 Å². The Morgan fingerprint density at radius 1 is 0.328 bits per heavy atom. The molecular weight excluding hydrogens is 757 g/mol. The standard InChI is InChI=1S/C55H96O6/c1-4-7-10-13-16-18-20-22-24-26-27-29-30-32-34-36-39-42-45-48-54(57)60-51-52(50-59-53(56)47-44-41-38-15-12-9-6-3)61-55(58)49-46-43-40-37-35-33-31-28-25-23-21-19-17-14-11-8-5-2/h16-19,22-25,27,29,52H,4-15,20-21,26,28,30-51H2,1-3H3/b18-16-,19-17-,24-22-,25-23-,29-27-. The van der Waals surface area contributed by atoms with Gasteiger partial charge < -0.3 is 14.2 Å². The van der Waals surface area contributed by atoms with Gasteiger partial charge in [0.2, 0.25) is 0 Å². The SMILES string of the molecule is CCCCC/C=C\C/C=C\C/C=C\CCCCCCCCC(=O)OCC(COC(=O)CCCCCCCCC)OC(=O)CCCCCCCCC/C=C\C/C=C\CCCCC. The first-order valence-electron chi connectivity index (χ1n) is 25.8. The first-order chi connectivity index (χ1) is 30.0. The first-order valence-corrected chi connectivity index (χ1v) is 25.8. The molecule has 6 heteroatoms. The molecule has 0 amide bonds. The van der Waals surface area contributed by atoms with E-state index in [1.54, 1.807) is 0 Å². The van der Waals surface area contributed by atoms with Crippen molar-refractivity contribution >= 4 is 17.9 Å². The average Bonchev–Trinajstić information content (AvgIpc) is 3.26. The van der Waals surface area contributed by atoms with Crippen molar-refractivity contribution in [3.63, 3.8) is 0 Å². The van der Waals surface area contributed by atoms with Crippen molar-refractivity contribution in [2.45, 2.75) is 258 Å². The van der Waals surface area contributed by atoms with Crippen LogP contribution in [0.25, 0.3) is 0 Å². The molecule has 0 fully saturated rings. The van der Waals surface area contributed by atoms with Crippen LogP contribution < -0.4 is 0 Å². The molecule has 0 bridgehead atoms. The average molecular weight is 853 g/mol. The van der Waals surface area contributed by atoms with Gasteiger partial charge in [-0.15, -0.1) is 0 Å². The van der Waals surface area contributed by atoms with Crippen LogP contribution >= 0.6 is 0 Å². The Kier molecular flexibility index (Phi) is 47.4. The third kappa shape index (κ3) is 48.0. The van der Waals surface area contributed by atoms with Crippen LogP contribution in [0.4, 0.5) is 0 Å². The maximum Gasteiger partial charge on any atom is 0.306 e. The lowest BCUT2D eigenvalue weighted by molar-refractivity contribution is -0.167. The number of esters is 3. The number of carbonyl (C=O) groups is 3. The molecule has 0 saturated carbocycles. The predicted molar refractivity (Wildman–Crippen MR) is 261 cm³/mol. The van der Waals surface area contributed by atoms with Crippen LogP contribution in [-0.4, -0.2) is 37.2 Å². The molecule has 0 spiro atoms. The third-order valence-electron chi connectivity index (χ3n) is 11.0. The maximum absolute atomic E-state index is 12.8. The summed E-state index contributed by atoms with van der Waals surface area (Å²) in [4.78, 5) is 37.8. The molecule has 1 unspecified atom stereocenters. The summed E-state index contributed by atoms with van der Waals surface area (Å²) < 4.78 is 16.7. The molecule has 0 aliphatic heterocycles. The minimum Gasteiger partial charge on any atom is -0.462 e. The second-order valence-electron chi connectivity index (χ2n) is 17.1. The van der Waals surface area contributed by atoms with E-state index in [4.69, 9.17) is 14.2 Å². The Balaban J connectivity index is 4.29. The van der Waals surface area contributed by atoms with E-state index in [9.17, 15) is 14.4 Å². The highest BCUT2D eigenvalue weighted by Gasteiger charge is 2.19. The minimum atomic E-state index is -0.780. The number of hydrogen-bond donors (Lipinski definition) is 0. The van der Waals surface area contributed by atoms with Crippen LogP contribution in [0.1, 0.15) is 252 Å². The van der Waals surface area contributed by atoms with E-state index in [1.807, 2.05) is 0 Å². The van der Waals surface area contributed by atoms with Gasteiger partial charge >= 0.3 is 17.9 Å². The van der Waals surface area contributed by atoms with E-state index in [1.165, 1.54) is 122 Å². The Hall–Kier alpha value is -2.89. The van der Waals surface area contributed by atoms with Crippen molar-refractivity contribution in [3.8, 4) is 0 Å². The summed E-state index contributed by atoms with van der Waals surface area (Å²) in [5, 5.41) is 0. The second-order valence-corrected chi connectivity index (χ2v) is 17.1. The Morgan fingerprint density at radius 3 is 0.951 bits per heavy atom. The van der Waals surface area contributed by atoms with Crippen LogP contribution in [0.3, 0.4) is 0 Å². The van der Waals surface area contributed by atoms with E-state index in [-0.39, 0.29) is 31.1 Å². The summed E-state index contributed by atoms with van der Waals surface area (Å²) in [6.45, 7) is 6.53. The Morgan fingerprint density at radius 2 is 0.590 bits per heavy atom. The highest BCUT2D eigenvalue weighted by atomic mass is 16.6. The molecule has 61 heavy (non-hydrogen) atoms. The number of allylic oxidation sites excluding steroid dienone is 10. The summed E-state index contributed by atoms with van der Waals surface area (Å²) in [6, 6.07) is 0. The van der Waals surface area contributed by atoms with Crippen molar-refractivity contribution in [1.29, 1.82) is 0 Å². The van der Waals surface area contributed by atoms with Crippen molar-refractivity contribution in [1.82, 2.24) is 0 Å². The van der Waals surface area contributed by atoms with Gasteiger partial charge in [0.15, 0.2) is 6.10 Å². The third-order valence-corrected chi connectivity index (χ3v) is 11.0. The molecule has 1 atom stereocenters. The first kappa shape index (κ1) is 58.1. The van der Waals surface area contributed by atoms with E-state index in [2.05, 4.69) is 81.5 Å². The molecular formula is C55H96O6. The van der Waals surface area contributed by atoms with Crippen LogP contribution in [-0.2, 0) is 28.6 Å². The van der Waals surface area contributed by atoms with Crippen LogP contribution in [0.5, 0.6) is 0 Å². The van der Waals surface area contributed by atoms with E-state index in [0.29, 0.717) is 19.3 Å². The molecule has 0 aliphatic carbocycles. The summed E-state index contributed by atoms with van der Waals surface area (Å²) >= 11 is 0. The molecule has 0 N–H and O–H groups in total. The monoisotopic (exact) mass is 853 g/mol. The molecule has 0 heterocycles. The normalized spacial score (nSPS) is 12.5. The second kappa shape index (κ2) is 49.8. The fourth-order valence-corrected chi connectivity index (χ4v) is 7.07. The molecule has 0 aromatic carbocycles. The number of ether oxygens (including phenoxy) is 3. The van der Waals surface area contributed by atoms with Gasteiger partial charge in [-0.25, -0.2) is 0 Å². The van der Waals surface area contributed by atoms with Crippen LogP contribution in [0.15, 0.2) is 60.8 Å². The van der Waals surface area contributed by atoms with Crippen molar-refractivity contribution in [2.75, 3.05) is 13.2 Å². The fourth-order valence-electron chi connectivity index (χ4n) is 7.07. The molecule has 0 radical (unpaired) electrons. The van der Waals surface area contributed by atoms with E-state index < -0.39 is 6.10 Å². The van der Waals surface area contributed by atoms with Crippen molar-refractivity contribution in [3.05, 3.63) is 60.8 Å². The predicted octanol–water partition coefficient (Wildman–Crippen LogP) is 16.9. The number of carbonyl (C=O) groups excluding carboxylic acids is 3. The van der Waals surface area contributed by atoms with Crippen molar-refractivity contribution in [2.24, 2.45) is 0 Å². The van der Waals surface area contributed by atoms with Gasteiger partial charge in [-0.1, -0.05) is 204 Å². The molecule has 352 valence electrons. The van der Waals surface area contributed by atoms with Gasteiger partial charge in [-0.05, 0) is 89.9 Å². The van der Waals surface area contributed by atoms with Gasteiger partial charge in [-0.3, -0.25) is 14.4 Å². The van der Waals surface area contributed by atoms with Gasteiger partial charge in [0.25, 0.3) is 0 Å². The van der Waals surface area contributed by atoms with E-state index in [0.717, 1.165) is 89.9 Å². The largest absolute Gasteiger partial charge is 0.462 e. The summed E-state index contributed by atoms with van der Waals surface area (Å²) in [5.74, 6) is -0.906. The van der Waals surface area contributed by atoms with Crippen molar-refractivity contribution < 1.29 is 28.6 Å². The topological polar surface area (TPSA) is 78.9 Å². The highest BCUT2D eigenvalue weighted by Crippen LogP contribution is 2.14. The zero-order valence-corrected chi connectivity index (χ0v) is 40.2. The summed E-state index contributed by atoms with van der Waals surface area (Å²) in [5.41, 5.74) is 0. The molecule has 0 aromatic heterocycles. The number of hydrogen-bond acceptors (Lipinski definition) is 6. The van der Waals surface area contributed by atoms with Gasteiger partial charge in [-0.2, -0.15) is 0 Å². The van der Waals surface area contributed by atoms with E-state index >= 15 is 0 Å². The molecule has 0 rings (SSSR count). The molecule has 0 aromatic rings. The summed E-state index contributed by atoms with van der Waals surface area (Å²) in [6.07, 6.45) is 60.7. The Labute approximate surface area is 377 Å². The molecule has 0 saturated heterocycles. The molecule has 0 aliphatic rings. The maximum atomic E-state index is 12.8. The zero-order chi connectivity index (χ0) is 44.4. The van der Waals surface area contributed by atoms with Crippen LogP contribution in [0.2, 0.25) is 0 Å². The molecule has 6 nitrogen and oxygen atoms in total. The highest BCUT2D eigenvalue weighted by molar-refractivity contribution is 5.71. The number of rotatable bonds is 46. The summed E-state index contributed by atoms with van der Waals surface area (Å²) in [7, 11) is 0. The lowest BCUT2D eigenvalue weighted by Gasteiger charge is -2.18. The minimum absolute atomic E-state index is 0.0813. The van der Waals surface area contributed by atoms with Gasteiger partial charge in [0, 0.05) is 19.3 Å². The fraction of sp³-hybridized carbons (Fsp3) is 0.764. The van der Waals surface area contributed by atoms with Gasteiger partial charge in [0.05, 0.1) is 0 Å².